The highest BCUT2D eigenvalue weighted by Gasteiger charge is 1.97. The molecule has 18 heavy (non-hydrogen) atoms. The van der Waals surface area contributed by atoms with Gasteiger partial charge in [-0.05, 0) is 12.1 Å². The van der Waals surface area contributed by atoms with Crippen molar-refractivity contribution in [2.24, 2.45) is 4.99 Å². The van der Waals surface area contributed by atoms with E-state index in [9.17, 15) is 0 Å². The molecule has 2 N–H and O–H groups in total. The zero-order valence-electron chi connectivity index (χ0n) is 10.8. The maximum atomic E-state index is 4.96. The zero-order chi connectivity index (χ0) is 12.3. The summed E-state index contributed by atoms with van der Waals surface area (Å²) in [6.07, 6.45) is 2.69. The Morgan fingerprint density at radius 1 is 1.33 bits per heavy atom. The van der Waals surface area contributed by atoms with E-state index in [1.165, 1.54) is 0 Å². The van der Waals surface area contributed by atoms with Crippen molar-refractivity contribution in [3.8, 4) is 0 Å². The molecule has 0 atom stereocenters. The van der Waals surface area contributed by atoms with Crippen LogP contribution in [-0.2, 0) is 11.2 Å². The summed E-state index contributed by atoms with van der Waals surface area (Å²) >= 11 is 0. The standard InChI is InChI=1S/C12H20N4O.HI/c1-13-12(16-9-10-17-2)15-8-6-11-5-3-4-7-14-11;/h3-5,7H,6,8-10H2,1-2H3,(H2,13,15,16);1H. The molecule has 0 radical (unpaired) electrons. The number of aromatic nitrogens is 1. The van der Waals surface area contributed by atoms with Gasteiger partial charge in [0.05, 0.1) is 6.61 Å². The van der Waals surface area contributed by atoms with Gasteiger partial charge < -0.3 is 15.4 Å². The van der Waals surface area contributed by atoms with Crippen LogP contribution in [0, 0.1) is 0 Å². The van der Waals surface area contributed by atoms with Gasteiger partial charge in [-0.3, -0.25) is 9.98 Å². The highest BCUT2D eigenvalue weighted by atomic mass is 127. The van der Waals surface area contributed by atoms with E-state index in [1.54, 1.807) is 20.4 Å². The van der Waals surface area contributed by atoms with Gasteiger partial charge in [-0.2, -0.15) is 0 Å². The molecule has 1 aromatic heterocycles. The number of nitrogens with zero attached hydrogens (tertiary/aromatic N) is 2. The number of rotatable bonds is 6. The molecule has 0 fully saturated rings. The molecule has 0 aliphatic heterocycles. The number of halogens is 1. The monoisotopic (exact) mass is 364 g/mol. The molecule has 6 heteroatoms. The van der Waals surface area contributed by atoms with Crippen molar-refractivity contribution in [3.05, 3.63) is 30.1 Å². The van der Waals surface area contributed by atoms with Gasteiger partial charge in [0.15, 0.2) is 5.96 Å². The molecule has 1 heterocycles. The lowest BCUT2D eigenvalue weighted by molar-refractivity contribution is 0.203. The fraction of sp³-hybridized carbons (Fsp3) is 0.500. The first-order valence-corrected chi connectivity index (χ1v) is 5.70. The normalized spacial score (nSPS) is 10.7. The van der Waals surface area contributed by atoms with E-state index >= 15 is 0 Å². The number of hydrogen-bond donors (Lipinski definition) is 2. The first-order valence-electron chi connectivity index (χ1n) is 5.70. The van der Waals surface area contributed by atoms with Gasteiger partial charge in [0.1, 0.15) is 0 Å². The quantitative estimate of drug-likeness (QED) is 0.343. The van der Waals surface area contributed by atoms with Crippen LogP contribution >= 0.6 is 24.0 Å². The summed E-state index contributed by atoms with van der Waals surface area (Å²) in [7, 11) is 3.43. The molecule has 0 unspecified atom stereocenters. The number of aliphatic imine (C=N–C) groups is 1. The van der Waals surface area contributed by atoms with Gasteiger partial charge in [0.2, 0.25) is 0 Å². The minimum atomic E-state index is 0. The van der Waals surface area contributed by atoms with Crippen LogP contribution in [0.15, 0.2) is 29.4 Å². The topological polar surface area (TPSA) is 58.5 Å². The maximum Gasteiger partial charge on any atom is 0.191 e. The predicted octanol–water partition coefficient (Wildman–Crippen LogP) is 1.05. The number of guanidine groups is 1. The third kappa shape index (κ3) is 7.44. The molecular weight excluding hydrogens is 343 g/mol. The smallest absolute Gasteiger partial charge is 0.191 e. The van der Waals surface area contributed by atoms with Crippen molar-refractivity contribution in [3.63, 3.8) is 0 Å². The largest absolute Gasteiger partial charge is 0.383 e. The van der Waals surface area contributed by atoms with E-state index < -0.39 is 0 Å². The van der Waals surface area contributed by atoms with Gasteiger partial charge in [0.25, 0.3) is 0 Å². The molecule has 102 valence electrons. The first-order chi connectivity index (χ1) is 8.36. The number of ether oxygens (including phenoxy) is 1. The van der Waals surface area contributed by atoms with Crippen LogP contribution in [0.4, 0.5) is 0 Å². The van der Waals surface area contributed by atoms with Gasteiger partial charge in [-0.1, -0.05) is 6.07 Å². The van der Waals surface area contributed by atoms with E-state index in [0.717, 1.165) is 31.2 Å². The van der Waals surface area contributed by atoms with Gasteiger partial charge in [0, 0.05) is 45.6 Å². The van der Waals surface area contributed by atoms with Crippen molar-refractivity contribution in [1.29, 1.82) is 0 Å². The molecule has 0 aliphatic carbocycles. The van der Waals surface area contributed by atoms with E-state index in [1.807, 2.05) is 18.2 Å². The van der Waals surface area contributed by atoms with Gasteiger partial charge in [-0.15, -0.1) is 24.0 Å². The van der Waals surface area contributed by atoms with Gasteiger partial charge in [-0.25, -0.2) is 0 Å². The molecule has 0 saturated carbocycles. The lowest BCUT2D eigenvalue weighted by atomic mass is 10.3. The van der Waals surface area contributed by atoms with Gasteiger partial charge >= 0.3 is 0 Å². The summed E-state index contributed by atoms with van der Waals surface area (Å²) in [5.41, 5.74) is 1.08. The second kappa shape index (κ2) is 11.2. The molecule has 0 spiro atoms. The SMILES string of the molecule is CN=C(NCCOC)NCCc1ccccn1.I. The predicted molar refractivity (Wildman–Crippen MR) is 84.6 cm³/mol. The number of methoxy groups -OCH3 is 1. The molecule has 0 aliphatic rings. The van der Waals surface area contributed by atoms with E-state index in [4.69, 9.17) is 4.74 Å². The summed E-state index contributed by atoms with van der Waals surface area (Å²) in [5.74, 6) is 0.790. The molecule has 0 bridgehead atoms. The fourth-order valence-electron chi connectivity index (χ4n) is 1.35. The summed E-state index contributed by atoms with van der Waals surface area (Å²) < 4.78 is 4.96. The minimum absolute atomic E-state index is 0. The molecule has 5 nitrogen and oxygen atoms in total. The average Bonchev–Trinajstić information content (AvgIpc) is 2.38. The minimum Gasteiger partial charge on any atom is -0.383 e. The summed E-state index contributed by atoms with van der Waals surface area (Å²) in [6, 6.07) is 5.93. The second-order valence-corrected chi connectivity index (χ2v) is 3.49. The Bertz CT molecular complexity index is 332. The highest BCUT2D eigenvalue weighted by Crippen LogP contribution is 1.92. The number of pyridine rings is 1. The van der Waals surface area contributed by atoms with Crippen molar-refractivity contribution < 1.29 is 4.74 Å². The van der Waals surface area contributed by atoms with Crippen molar-refractivity contribution in [2.75, 3.05) is 33.9 Å². The third-order valence-electron chi connectivity index (χ3n) is 2.22. The van der Waals surface area contributed by atoms with Crippen LogP contribution in [-0.4, -0.2) is 44.8 Å². The Labute approximate surface area is 125 Å². The molecule has 0 amide bonds. The molecular formula is C12H21IN4O. The lowest BCUT2D eigenvalue weighted by Crippen LogP contribution is -2.39. The molecule has 0 aromatic carbocycles. The first kappa shape index (κ1) is 17.1. The molecule has 1 aromatic rings. The van der Waals surface area contributed by atoms with E-state index in [-0.39, 0.29) is 24.0 Å². The maximum absolute atomic E-state index is 4.96. The molecule has 0 saturated heterocycles. The van der Waals surface area contributed by atoms with Crippen molar-refractivity contribution in [2.45, 2.75) is 6.42 Å². The van der Waals surface area contributed by atoms with Crippen LogP contribution in [0.1, 0.15) is 5.69 Å². The molecule has 1 rings (SSSR count). The second-order valence-electron chi connectivity index (χ2n) is 3.49. The summed E-state index contributed by atoms with van der Waals surface area (Å²) in [4.78, 5) is 8.37. The van der Waals surface area contributed by atoms with Crippen LogP contribution in [0.3, 0.4) is 0 Å². The lowest BCUT2D eigenvalue weighted by Gasteiger charge is -2.11. The van der Waals surface area contributed by atoms with Crippen LogP contribution in [0.5, 0.6) is 0 Å². The Kier molecular flexibility index (Phi) is 10.7. The van der Waals surface area contributed by atoms with Crippen LogP contribution in [0.25, 0.3) is 0 Å². The highest BCUT2D eigenvalue weighted by molar-refractivity contribution is 14.0. The van der Waals surface area contributed by atoms with E-state index in [0.29, 0.717) is 6.61 Å². The Morgan fingerprint density at radius 2 is 2.11 bits per heavy atom. The van der Waals surface area contributed by atoms with Crippen LogP contribution in [0.2, 0.25) is 0 Å². The zero-order valence-corrected chi connectivity index (χ0v) is 13.2. The summed E-state index contributed by atoms with van der Waals surface area (Å²) in [6.45, 7) is 2.23. The number of hydrogen-bond acceptors (Lipinski definition) is 3. The summed E-state index contributed by atoms with van der Waals surface area (Å²) in [5, 5.41) is 6.37. The Hall–Kier alpha value is -0.890. The Morgan fingerprint density at radius 3 is 2.72 bits per heavy atom. The number of nitrogens with one attached hydrogen (secondary N) is 2. The van der Waals surface area contributed by atoms with Crippen molar-refractivity contribution in [1.82, 2.24) is 15.6 Å². The fourth-order valence-corrected chi connectivity index (χ4v) is 1.35. The van der Waals surface area contributed by atoms with Crippen LogP contribution < -0.4 is 10.6 Å². The third-order valence-corrected chi connectivity index (χ3v) is 2.22. The average molecular weight is 364 g/mol. The van der Waals surface area contributed by atoms with E-state index in [2.05, 4.69) is 20.6 Å². The Balaban J connectivity index is 0.00000289. The van der Waals surface area contributed by atoms with Crippen molar-refractivity contribution >= 4 is 29.9 Å².